The summed E-state index contributed by atoms with van der Waals surface area (Å²) in [7, 11) is -9.91. The summed E-state index contributed by atoms with van der Waals surface area (Å²) in [4.78, 5) is 72.6. The highest BCUT2D eigenvalue weighted by atomic mass is 31.2. The van der Waals surface area contributed by atoms with Crippen molar-refractivity contribution in [2.75, 3.05) is 39.6 Å². The molecule has 0 aromatic heterocycles. The molecule has 0 saturated carbocycles. The van der Waals surface area contributed by atoms with Crippen molar-refractivity contribution >= 4 is 39.5 Å². The third-order valence-corrected chi connectivity index (χ3v) is 18.5. The average Bonchev–Trinajstić information content (AvgIpc) is 1.93. The van der Waals surface area contributed by atoms with E-state index in [1.54, 1.807) is 0 Å². The van der Waals surface area contributed by atoms with Crippen molar-refractivity contribution in [2.24, 2.45) is 23.7 Å². The number of carbonyl (C=O) groups is 4. The maximum Gasteiger partial charge on any atom is 0.472 e. The fourth-order valence-electron chi connectivity index (χ4n) is 10.8. The molecule has 0 aliphatic rings. The number of phosphoric acid groups is 2. The van der Waals surface area contributed by atoms with E-state index < -0.39 is 97.5 Å². The molecule has 2 unspecified atom stereocenters. The number of carbonyl (C=O) groups excluding carboxylic acids is 4. The molecule has 19 heteroatoms. The van der Waals surface area contributed by atoms with Gasteiger partial charge in [0.05, 0.1) is 26.4 Å². The molecule has 0 saturated heterocycles. The molecule has 0 aromatic carbocycles. The lowest BCUT2D eigenvalue weighted by Crippen LogP contribution is -2.30. The lowest BCUT2D eigenvalue weighted by molar-refractivity contribution is -0.161. The number of aliphatic hydroxyl groups is 1. The van der Waals surface area contributed by atoms with Crippen LogP contribution < -0.4 is 0 Å². The van der Waals surface area contributed by atoms with Crippen LogP contribution in [0.2, 0.25) is 0 Å². The second-order valence-electron chi connectivity index (χ2n) is 27.9. The fourth-order valence-corrected chi connectivity index (χ4v) is 12.4. The number of esters is 4. The van der Waals surface area contributed by atoms with Crippen molar-refractivity contribution in [2.45, 2.75) is 375 Å². The van der Waals surface area contributed by atoms with Crippen LogP contribution in [0, 0.1) is 23.7 Å². The van der Waals surface area contributed by atoms with Crippen molar-refractivity contribution in [3.05, 3.63) is 0 Å². The summed E-state index contributed by atoms with van der Waals surface area (Å²) in [6.07, 6.45) is 44.5. The lowest BCUT2D eigenvalue weighted by Gasteiger charge is -2.21. The molecule has 0 bridgehead atoms. The smallest absolute Gasteiger partial charge is 0.462 e. The predicted molar refractivity (Wildman–Crippen MR) is 367 cm³/mol. The molecule has 0 aliphatic heterocycles. The molecule has 0 aliphatic carbocycles. The van der Waals surface area contributed by atoms with Gasteiger partial charge in [-0.05, 0) is 49.4 Å². The van der Waals surface area contributed by atoms with Gasteiger partial charge < -0.3 is 33.8 Å². The number of ether oxygens (including phenoxy) is 4. The first kappa shape index (κ1) is 89.1. The van der Waals surface area contributed by atoms with Gasteiger partial charge in [0, 0.05) is 25.7 Å². The molecule has 0 amide bonds. The van der Waals surface area contributed by atoms with Crippen LogP contribution in [-0.4, -0.2) is 96.7 Å². The normalized spacial score (nSPS) is 14.2. The molecular formula is C72H140O17P2. The van der Waals surface area contributed by atoms with Crippen molar-refractivity contribution < 1.29 is 80.2 Å². The number of rotatable bonds is 69. The Kier molecular flexibility index (Phi) is 60.3. The summed E-state index contributed by atoms with van der Waals surface area (Å²) < 4.78 is 68.4. The molecule has 17 nitrogen and oxygen atoms in total. The Morgan fingerprint density at radius 3 is 0.681 bits per heavy atom. The molecule has 3 N–H and O–H groups in total. The van der Waals surface area contributed by atoms with E-state index in [0.29, 0.717) is 31.6 Å². The van der Waals surface area contributed by atoms with E-state index >= 15 is 0 Å². The fraction of sp³-hybridized carbons (Fsp3) is 0.944. The Hall–Kier alpha value is -1.94. The maximum absolute atomic E-state index is 13.0. The predicted octanol–water partition coefficient (Wildman–Crippen LogP) is 20.5. The average molecular weight is 1340 g/mol. The number of hydrogen-bond acceptors (Lipinski definition) is 15. The van der Waals surface area contributed by atoms with E-state index in [2.05, 4.69) is 55.4 Å². The summed E-state index contributed by atoms with van der Waals surface area (Å²) in [5.41, 5.74) is 0. The summed E-state index contributed by atoms with van der Waals surface area (Å²) in [5, 5.41) is 10.6. The van der Waals surface area contributed by atoms with Gasteiger partial charge >= 0.3 is 39.5 Å². The molecule has 0 radical (unpaired) electrons. The minimum atomic E-state index is -4.95. The van der Waals surface area contributed by atoms with Gasteiger partial charge in [-0.1, -0.05) is 306 Å². The van der Waals surface area contributed by atoms with E-state index in [-0.39, 0.29) is 25.7 Å². The van der Waals surface area contributed by atoms with Gasteiger partial charge in [-0.3, -0.25) is 37.3 Å². The number of unbranched alkanes of at least 4 members (excludes halogenated alkanes) is 35. The highest BCUT2D eigenvalue weighted by molar-refractivity contribution is 7.47. The minimum Gasteiger partial charge on any atom is -0.462 e. The Bertz CT molecular complexity index is 1800. The third-order valence-electron chi connectivity index (χ3n) is 16.6. The first-order valence-electron chi connectivity index (χ1n) is 37.2. The van der Waals surface area contributed by atoms with Gasteiger partial charge in [0.15, 0.2) is 12.2 Å². The standard InChI is InChI=1S/C72H140O17P2/c1-62(2)48-40-32-24-18-12-9-10-14-22-28-38-46-54-71(76)89-68(59-83-70(75)53-45-37-31-30-35-43-51-65(7)8)61-87-91(80,81)85-57-66(73)56-84-90(78,79)86-60-67(58-82-69(74)52-44-36-27-21-17-16-20-26-34-42-50-64(5)6)88-72(77)55-47-39-29-23-15-11-13-19-25-33-41-49-63(3)4/h62-68,73H,9-61H2,1-8H3,(H,78,79)(H,80,81)/t66-,67-,68-/m1/s1. The van der Waals surface area contributed by atoms with E-state index in [1.165, 1.54) is 154 Å². The van der Waals surface area contributed by atoms with Gasteiger partial charge in [-0.2, -0.15) is 0 Å². The van der Waals surface area contributed by atoms with Crippen LogP contribution in [0.3, 0.4) is 0 Å². The van der Waals surface area contributed by atoms with Gasteiger partial charge in [-0.15, -0.1) is 0 Å². The van der Waals surface area contributed by atoms with Crippen LogP contribution in [0.25, 0.3) is 0 Å². The molecule has 540 valence electrons. The first-order valence-corrected chi connectivity index (χ1v) is 40.2. The lowest BCUT2D eigenvalue weighted by atomic mass is 10.0. The van der Waals surface area contributed by atoms with Gasteiger partial charge in [0.2, 0.25) is 0 Å². The van der Waals surface area contributed by atoms with E-state index in [1.807, 2.05) is 0 Å². The molecule has 0 fully saturated rings. The molecule has 0 heterocycles. The zero-order chi connectivity index (χ0) is 67.5. The summed E-state index contributed by atoms with van der Waals surface area (Å²) >= 11 is 0. The topological polar surface area (TPSA) is 237 Å². The highest BCUT2D eigenvalue weighted by Crippen LogP contribution is 2.45. The summed E-state index contributed by atoms with van der Waals surface area (Å²) in [6.45, 7) is 14.1. The second-order valence-corrected chi connectivity index (χ2v) is 30.8. The molecule has 91 heavy (non-hydrogen) atoms. The Morgan fingerprint density at radius 2 is 0.462 bits per heavy atom. The van der Waals surface area contributed by atoms with Gasteiger partial charge in [-0.25, -0.2) is 9.13 Å². The summed E-state index contributed by atoms with van der Waals surface area (Å²) in [6, 6.07) is 0. The van der Waals surface area contributed by atoms with Crippen molar-refractivity contribution in [3.63, 3.8) is 0 Å². The van der Waals surface area contributed by atoms with Crippen LogP contribution in [0.15, 0.2) is 0 Å². The minimum absolute atomic E-state index is 0.105. The number of hydrogen-bond donors (Lipinski definition) is 3. The molecule has 5 atom stereocenters. The molecular weight excluding hydrogens is 1200 g/mol. The van der Waals surface area contributed by atoms with Crippen LogP contribution in [0.5, 0.6) is 0 Å². The second kappa shape index (κ2) is 61.6. The van der Waals surface area contributed by atoms with Gasteiger partial charge in [0.1, 0.15) is 19.3 Å². The quantitative estimate of drug-likeness (QED) is 0.0222. The van der Waals surface area contributed by atoms with Crippen LogP contribution in [-0.2, 0) is 65.4 Å². The maximum atomic E-state index is 13.0. The van der Waals surface area contributed by atoms with E-state index in [0.717, 1.165) is 114 Å². The van der Waals surface area contributed by atoms with Crippen LogP contribution >= 0.6 is 15.6 Å². The summed E-state index contributed by atoms with van der Waals surface area (Å²) in [5.74, 6) is 0.852. The van der Waals surface area contributed by atoms with Crippen LogP contribution in [0.1, 0.15) is 357 Å². The Morgan fingerprint density at radius 1 is 0.275 bits per heavy atom. The number of phosphoric ester groups is 2. The van der Waals surface area contributed by atoms with E-state index in [4.69, 9.17) is 37.0 Å². The SMILES string of the molecule is CC(C)CCCCCCCCCCCCCCC(=O)O[C@H](COC(=O)CCCCCCCCC(C)C)COP(=O)(O)OC[C@H](O)COP(=O)(O)OC[C@@H](COC(=O)CCCCCCCCCCCCC(C)C)OC(=O)CCCCCCCCCCCCCC(C)C. The van der Waals surface area contributed by atoms with Crippen molar-refractivity contribution in [1.82, 2.24) is 0 Å². The number of aliphatic hydroxyl groups excluding tert-OH is 1. The molecule has 0 rings (SSSR count). The van der Waals surface area contributed by atoms with Crippen LogP contribution in [0.4, 0.5) is 0 Å². The Balaban J connectivity index is 5.25. The highest BCUT2D eigenvalue weighted by Gasteiger charge is 2.30. The van der Waals surface area contributed by atoms with Crippen molar-refractivity contribution in [3.8, 4) is 0 Å². The molecule has 0 aromatic rings. The van der Waals surface area contributed by atoms with Crippen molar-refractivity contribution in [1.29, 1.82) is 0 Å². The van der Waals surface area contributed by atoms with Gasteiger partial charge in [0.25, 0.3) is 0 Å². The molecule has 0 spiro atoms. The third kappa shape index (κ3) is 66.5. The zero-order valence-electron chi connectivity index (χ0n) is 59.5. The largest absolute Gasteiger partial charge is 0.472 e. The zero-order valence-corrected chi connectivity index (χ0v) is 61.3. The first-order chi connectivity index (χ1) is 43.6. The monoisotopic (exact) mass is 1340 g/mol. The van der Waals surface area contributed by atoms with E-state index in [9.17, 15) is 43.2 Å². The Labute approximate surface area is 556 Å².